The van der Waals surface area contributed by atoms with Crippen LogP contribution in [0.1, 0.15) is 10.4 Å². The van der Waals surface area contributed by atoms with Crippen molar-refractivity contribution in [2.75, 3.05) is 5.73 Å². The molecule has 0 radical (unpaired) electrons. The number of rotatable bonds is 1. The van der Waals surface area contributed by atoms with Crippen LogP contribution in [0.4, 0.5) is 5.82 Å². The van der Waals surface area contributed by atoms with Gasteiger partial charge in [0.05, 0.1) is 23.6 Å². The van der Waals surface area contributed by atoms with Crippen molar-refractivity contribution < 1.29 is 4.79 Å². The van der Waals surface area contributed by atoms with Crippen molar-refractivity contribution in [3.63, 3.8) is 0 Å². The number of nitrogens with zero attached hydrogens (tertiary/aromatic N) is 4. The zero-order chi connectivity index (χ0) is 14.4. The van der Waals surface area contributed by atoms with Crippen molar-refractivity contribution in [1.29, 1.82) is 0 Å². The van der Waals surface area contributed by atoms with E-state index in [1.165, 1.54) is 4.68 Å². The molecular weight excluding hydrogens is 266 g/mol. The lowest BCUT2D eigenvalue weighted by Crippen LogP contribution is -2.14. The summed E-state index contributed by atoms with van der Waals surface area (Å²) in [6.45, 7) is 0. The van der Waals surface area contributed by atoms with Gasteiger partial charge >= 0.3 is 0 Å². The van der Waals surface area contributed by atoms with Crippen LogP contribution < -0.4 is 5.73 Å². The second-order valence-electron chi connectivity index (χ2n) is 4.76. The zero-order valence-electron chi connectivity index (χ0n) is 11.0. The van der Waals surface area contributed by atoms with Crippen molar-refractivity contribution in [2.24, 2.45) is 0 Å². The van der Waals surface area contributed by atoms with Crippen molar-refractivity contribution in [3.05, 3.63) is 60.7 Å². The van der Waals surface area contributed by atoms with Crippen molar-refractivity contribution in [2.45, 2.75) is 0 Å². The Morgan fingerprint density at radius 1 is 1.19 bits per heavy atom. The largest absolute Gasteiger partial charge is 0.382 e. The second kappa shape index (κ2) is 4.17. The standard InChI is InChI=1S/C15H11N5O/c16-14-12-3-1-2-4-13(12)20(18-14)15(21)10-5-6-19-9-17-8-11(19)7-10/h1-9H,(H2,16,18). The van der Waals surface area contributed by atoms with Crippen LogP contribution in [0.15, 0.2) is 55.1 Å². The fourth-order valence-corrected chi connectivity index (χ4v) is 2.42. The fourth-order valence-electron chi connectivity index (χ4n) is 2.42. The number of benzene rings is 1. The molecular formula is C15H11N5O. The second-order valence-corrected chi connectivity index (χ2v) is 4.76. The number of anilines is 1. The summed E-state index contributed by atoms with van der Waals surface area (Å²) in [7, 11) is 0. The van der Waals surface area contributed by atoms with E-state index in [4.69, 9.17) is 5.73 Å². The smallest absolute Gasteiger partial charge is 0.278 e. The number of aromatic nitrogens is 4. The van der Waals surface area contributed by atoms with E-state index in [1.54, 1.807) is 30.9 Å². The first-order valence-electron chi connectivity index (χ1n) is 6.44. The lowest BCUT2D eigenvalue weighted by molar-refractivity contribution is 0.0951. The van der Waals surface area contributed by atoms with Gasteiger partial charge in [0.15, 0.2) is 5.82 Å². The van der Waals surface area contributed by atoms with E-state index < -0.39 is 0 Å². The Balaban J connectivity index is 1.89. The minimum atomic E-state index is -0.216. The van der Waals surface area contributed by atoms with Crippen LogP contribution in [0.2, 0.25) is 0 Å². The van der Waals surface area contributed by atoms with Crippen LogP contribution in [0.25, 0.3) is 16.4 Å². The van der Waals surface area contributed by atoms with E-state index in [0.717, 1.165) is 10.9 Å². The first kappa shape index (κ1) is 11.7. The summed E-state index contributed by atoms with van der Waals surface area (Å²) in [5, 5.41) is 4.93. The third-order valence-corrected chi connectivity index (χ3v) is 3.47. The number of nitrogen functional groups attached to an aromatic ring is 1. The van der Waals surface area contributed by atoms with Crippen LogP contribution >= 0.6 is 0 Å². The highest BCUT2D eigenvalue weighted by Crippen LogP contribution is 2.21. The highest BCUT2D eigenvalue weighted by atomic mass is 16.2. The summed E-state index contributed by atoms with van der Waals surface area (Å²) in [6, 6.07) is 10.9. The monoisotopic (exact) mass is 277 g/mol. The topological polar surface area (TPSA) is 78.2 Å². The van der Waals surface area contributed by atoms with Gasteiger partial charge in [-0.05, 0) is 24.3 Å². The Bertz CT molecular complexity index is 982. The van der Waals surface area contributed by atoms with Gasteiger partial charge in [0.25, 0.3) is 5.91 Å². The summed E-state index contributed by atoms with van der Waals surface area (Å²) in [5.41, 5.74) is 7.96. The number of nitrogens with two attached hydrogens (primary N) is 1. The van der Waals surface area contributed by atoms with E-state index in [2.05, 4.69) is 10.1 Å². The molecule has 2 N–H and O–H groups in total. The molecule has 0 aliphatic rings. The Kier molecular flexibility index (Phi) is 2.32. The Morgan fingerprint density at radius 3 is 2.95 bits per heavy atom. The Hall–Kier alpha value is -3.15. The normalized spacial score (nSPS) is 11.2. The number of imidazole rings is 1. The number of hydrogen-bond donors (Lipinski definition) is 1. The van der Waals surface area contributed by atoms with Crippen molar-refractivity contribution in [1.82, 2.24) is 19.2 Å². The van der Waals surface area contributed by atoms with E-state index in [1.807, 2.05) is 28.7 Å². The molecule has 6 heteroatoms. The number of para-hydroxylation sites is 1. The lowest BCUT2D eigenvalue weighted by atomic mass is 10.2. The lowest BCUT2D eigenvalue weighted by Gasteiger charge is -2.03. The molecule has 0 saturated carbocycles. The molecule has 1 aromatic carbocycles. The molecule has 0 unspecified atom stereocenters. The van der Waals surface area contributed by atoms with Gasteiger partial charge in [0, 0.05) is 17.1 Å². The van der Waals surface area contributed by atoms with Crippen molar-refractivity contribution >= 4 is 28.1 Å². The zero-order valence-corrected chi connectivity index (χ0v) is 11.0. The third kappa shape index (κ3) is 1.69. The average molecular weight is 277 g/mol. The quantitative estimate of drug-likeness (QED) is 0.577. The molecule has 4 aromatic rings. The molecule has 3 aromatic heterocycles. The molecule has 0 aliphatic heterocycles. The summed E-state index contributed by atoms with van der Waals surface area (Å²) in [6.07, 6.45) is 5.18. The number of fused-ring (bicyclic) bond motifs is 2. The van der Waals surface area contributed by atoms with Crippen molar-refractivity contribution in [3.8, 4) is 0 Å². The van der Waals surface area contributed by atoms with Gasteiger partial charge in [0.2, 0.25) is 0 Å². The number of carbonyl (C=O) groups excluding carboxylic acids is 1. The maximum Gasteiger partial charge on any atom is 0.278 e. The van der Waals surface area contributed by atoms with Gasteiger partial charge in [-0.1, -0.05) is 12.1 Å². The maximum atomic E-state index is 12.7. The van der Waals surface area contributed by atoms with Crippen LogP contribution in [0.5, 0.6) is 0 Å². The van der Waals surface area contributed by atoms with Crippen LogP contribution in [0, 0.1) is 0 Å². The fraction of sp³-hybridized carbons (Fsp3) is 0. The van der Waals surface area contributed by atoms with Gasteiger partial charge in [-0.3, -0.25) is 4.79 Å². The molecule has 0 fully saturated rings. The molecule has 4 rings (SSSR count). The molecule has 0 atom stereocenters. The molecule has 102 valence electrons. The van der Waals surface area contributed by atoms with Gasteiger partial charge in [0.1, 0.15) is 0 Å². The first-order chi connectivity index (χ1) is 10.2. The average Bonchev–Trinajstić information content (AvgIpc) is 3.11. The number of hydrogen-bond acceptors (Lipinski definition) is 4. The minimum absolute atomic E-state index is 0.216. The van der Waals surface area contributed by atoms with Gasteiger partial charge in [-0.25, -0.2) is 4.98 Å². The molecule has 3 heterocycles. The molecule has 0 saturated heterocycles. The Morgan fingerprint density at radius 2 is 2.05 bits per heavy atom. The highest BCUT2D eigenvalue weighted by molar-refractivity contribution is 6.03. The summed E-state index contributed by atoms with van der Waals surface area (Å²) in [5.74, 6) is 0.135. The van der Waals surface area contributed by atoms with E-state index in [-0.39, 0.29) is 5.91 Å². The van der Waals surface area contributed by atoms with Crippen LogP contribution in [-0.2, 0) is 0 Å². The van der Waals surface area contributed by atoms with E-state index in [0.29, 0.717) is 16.9 Å². The van der Waals surface area contributed by atoms with Gasteiger partial charge < -0.3 is 10.1 Å². The molecule has 0 bridgehead atoms. The highest BCUT2D eigenvalue weighted by Gasteiger charge is 2.15. The van der Waals surface area contributed by atoms with Gasteiger partial charge in [-0.2, -0.15) is 4.68 Å². The van der Waals surface area contributed by atoms with Gasteiger partial charge in [-0.15, -0.1) is 5.10 Å². The summed E-state index contributed by atoms with van der Waals surface area (Å²) in [4.78, 5) is 16.7. The summed E-state index contributed by atoms with van der Waals surface area (Å²) >= 11 is 0. The Labute approximate surface area is 119 Å². The van der Waals surface area contributed by atoms with E-state index in [9.17, 15) is 4.79 Å². The maximum absolute atomic E-state index is 12.7. The third-order valence-electron chi connectivity index (χ3n) is 3.47. The molecule has 0 amide bonds. The molecule has 21 heavy (non-hydrogen) atoms. The van der Waals surface area contributed by atoms with Crippen LogP contribution in [-0.4, -0.2) is 25.1 Å². The minimum Gasteiger partial charge on any atom is -0.382 e. The predicted octanol–water partition coefficient (Wildman–Crippen LogP) is 1.95. The molecule has 0 spiro atoms. The number of carbonyl (C=O) groups is 1. The predicted molar refractivity (Wildman–Crippen MR) is 79.1 cm³/mol. The molecule has 0 aliphatic carbocycles. The van der Waals surface area contributed by atoms with Crippen LogP contribution in [0.3, 0.4) is 0 Å². The first-order valence-corrected chi connectivity index (χ1v) is 6.44. The molecule has 6 nitrogen and oxygen atoms in total. The van der Waals surface area contributed by atoms with E-state index >= 15 is 0 Å². The SMILES string of the molecule is Nc1nn(C(=O)c2ccn3cncc3c2)c2ccccc12. The number of pyridine rings is 1. The summed E-state index contributed by atoms with van der Waals surface area (Å²) < 4.78 is 3.18.